The Labute approximate surface area is 230 Å². The predicted molar refractivity (Wildman–Crippen MR) is 149 cm³/mol. The minimum Gasteiger partial charge on any atom is -0.495 e. The van der Waals surface area contributed by atoms with E-state index >= 15 is 0 Å². The molecular weight excluding hydrogens is 547 g/mol. The van der Waals surface area contributed by atoms with E-state index in [0.717, 1.165) is 23.1 Å². The second kappa shape index (κ2) is 11.0. The molecule has 1 N–H and O–H groups in total. The Morgan fingerprint density at radius 3 is 2.35 bits per heavy atom. The monoisotopic (exact) mass is 574 g/mol. The van der Waals surface area contributed by atoms with E-state index in [1.54, 1.807) is 29.2 Å². The molecule has 0 saturated carbocycles. The topological polar surface area (TPSA) is 68.6 Å². The van der Waals surface area contributed by atoms with E-state index < -0.39 is 23.8 Å². The summed E-state index contributed by atoms with van der Waals surface area (Å²) in [5.41, 5.74) is 1.19. The number of alkyl halides is 3. The summed E-state index contributed by atoms with van der Waals surface area (Å²) in [5.74, 6) is -0.944. The van der Waals surface area contributed by atoms with Crippen molar-refractivity contribution in [3.63, 3.8) is 0 Å². The van der Waals surface area contributed by atoms with E-state index in [9.17, 15) is 27.5 Å². The van der Waals surface area contributed by atoms with Crippen LogP contribution in [0.5, 0.6) is 5.75 Å². The molecule has 1 saturated heterocycles. The van der Waals surface area contributed by atoms with Crippen molar-refractivity contribution in [2.75, 3.05) is 43.1 Å². The highest BCUT2D eigenvalue weighted by atomic mass is 31.0. The van der Waals surface area contributed by atoms with Crippen LogP contribution in [0.25, 0.3) is 0 Å². The average molecular weight is 575 g/mol. The Kier molecular flexibility index (Phi) is 7.59. The maximum atomic E-state index is 13.8. The molecule has 210 valence electrons. The lowest BCUT2D eigenvalue weighted by Gasteiger charge is -2.45. The second-order valence-corrected chi connectivity index (χ2v) is 10.1. The number of aliphatic carboxylic acids is 1. The number of nitrogens with zero attached hydrogens (tertiary/aromatic N) is 4. The van der Waals surface area contributed by atoms with Gasteiger partial charge in [-0.05, 0) is 47.8 Å². The van der Waals surface area contributed by atoms with Crippen LogP contribution in [0.2, 0.25) is 0 Å². The number of aliphatic imine (C=N–C) groups is 1. The van der Waals surface area contributed by atoms with Crippen LogP contribution in [0.3, 0.4) is 0 Å². The van der Waals surface area contributed by atoms with Gasteiger partial charge in [0.2, 0.25) is 5.96 Å². The minimum atomic E-state index is -4.62. The van der Waals surface area contributed by atoms with Gasteiger partial charge in [-0.25, -0.2) is 9.38 Å². The Morgan fingerprint density at radius 1 is 1.05 bits per heavy atom. The van der Waals surface area contributed by atoms with Gasteiger partial charge in [-0.2, -0.15) is 13.2 Å². The average Bonchev–Trinajstić information content (AvgIpc) is 2.93. The molecule has 0 aromatic heterocycles. The molecular formula is C28H27F4N4O3P. The van der Waals surface area contributed by atoms with Crippen molar-refractivity contribution in [1.82, 2.24) is 4.90 Å². The van der Waals surface area contributed by atoms with Crippen LogP contribution in [0.4, 0.5) is 34.6 Å². The first kappa shape index (κ1) is 27.7. The Bertz CT molecular complexity index is 1440. The SMILES string of the molecule is COc1ccc(C(F)(F)F)cc1N1C(N2CCN(c3ccc(F)cc3)CC2)=Nc2c(P)cccc2C1CC(=O)O. The Morgan fingerprint density at radius 2 is 1.73 bits per heavy atom. The number of carboxylic acids is 1. The molecule has 7 nitrogen and oxygen atoms in total. The lowest BCUT2D eigenvalue weighted by Crippen LogP contribution is -2.55. The summed E-state index contributed by atoms with van der Waals surface area (Å²) < 4.78 is 60.4. The standard InChI is InChI=1S/C28H27F4N4O3P/c1-39-23-10-5-17(28(30,31)32)15-22(23)36-21(16-25(37)38)20-3-2-4-24(40)26(20)33-27(36)35-13-11-34(12-14-35)19-8-6-18(29)7-9-19/h2-10,15,21H,11-14,16,40H2,1H3,(H,37,38). The summed E-state index contributed by atoms with van der Waals surface area (Å²) >= 11 is 0. The van der Waals surface area contributed by atoms with E-state index in [1.165, 1.54) is 25.3 Å². The fourth-order valence-electron chi connectivity index (χ4n) is 5.15. The molecule has 2 aliphatic rings. The molecule has 0 aliphatic carbocycles. The van der Waals surface area contributed by atoms with Crippen molar-refractivity contribution < 1.29 is 32.2 Å². The third-order valence-electron chi connectivity index (χ3n) is 7.08. The van der Waals surface area contributed by atoms with E-state index in [-0.39, 0.29) is 23.7 Å². The molecule has 5 rings (SSSR count). The molecule has 0 amide bonds. The quantitative estimate of drug-likeness (QED) is 0.334. The predicted octanol–water partition coefficient (Wildman–Crippen LogP) is 5.20. The van der Waals surface area contributed by atoms with Crippen LogP contribution in [0.15, 0.2) is 65.7 Å². The number of hydrogen-bond donors (Lipinski definition) is 1. The molecule has 3 aromatic carbocycles. The van der Waals surface area contributed by atoms with Crippen LogP contribution in [-0.4, -0.2) is 55.2 Å². The van der Waals surface area contributed by atoms with Gasteiger partial charge in [0.05, 0.1) is 36.5 Å². The number of fused-ring (bicyclic) bond motifs is 1. The van der Waals surface area contributed by atoms with E-state index in [4.69, 9.17) is 9.73 Å². The Balaban J connectivity index is 1.61. The van der Waals surface area contributed by atoms with Gasteiger partial charge in [0, 0.05) is 37.4 Å². The highest BCUT2D eigenvalue weighted by molar-refractivity contribution is 7.28. The van der Waals surface area contributed by atoms with Gasteiger partial charge in [0.1, 0.15) is 11.6 Å². The number of guanidine groups is 1. The normalized spacial score (nSPS) is 17.4. The summed E-state index contributed by atoms with van der Waals surface area (Å²) in [6.07, 6.45) is -5.00. The van der Waals surface area contributed by atoms with Crippen molar-refractivity contribution in [3.8, 4) is 5.75 Å². The third kappa shape index (κ3) is 5.43. The summed E-state index contributed by atoms with van der Waals surface area (Å²) in [6.45, 7) is 1.97. The van der Waals surface area contributed by atoms with Crippen molar-refractivity contribution in [2.45, 2.75) is 18.6 Å². The molecule has 40 heavy (non-hydrogen) atoms. The molecule has 0 spiro atoms. The zero-order chi connectivity index (χ0) is 28.6. The molecule has 12 heteroatoms. The van der Waals surface area contributed by atoms with Crippen molar-refractivity contribution in [2.24, 2.45) is 4.99 Å². The third-order valence-corrected chi connectivity index (χ3v) is 7.55. The number of anilines is 2. The van der Waals surface area contributed by atoms with E-state index in [1.807, 2.05) is 11.0 Å². The van der Waals surface area contributed by atoms with Crippen LogP contribution in [0.1, 0.15) is 23.6 Å². The highest BCUT2D eigenvalue weighted by Gasteiger charge is 2.40. The number of ether oxygens (including phenoxy) is 1. The zero-order valence-corrected chi connectivity index (χ0v) is 22.7. The van der Waals surface area contributed by atoms with E-state index in [2.05, 4.69) is 14.1 Å². The maximum absolute atomic E-state index is 13.8. The van der Waals surface area contributed by atoms with Gasteiger partial charge in [0.25, 0.3) is 0 Å². The first-order valence-corrected chi connectivity index (χ1v) is 13.1. The molecule has 2 unspecified atom stereocenters. The molecule has 0 bridgehead atoms. The number of benzene rings is 3. The number of halogens is 4. The molecule has 3 aromatic rings. The fourth-order valence-corrected chi connectivity index (χ4v) is 5.49. The lowest BCUT2D eigenvalue weighted by atomic mass is 9.97. The minimum absolute atomic E-state index is 0.0723. The van der Waals surface area contributed by atoms with Crippen LogP contribution < -0.4 is 19.8 Å². The van der Waals surface area contributed by atoms with Crippen LogP contribution in [0, 0.1) is 5.82 Å². The van der Waals surface area contributed by atoms with Crippen molar-refractivity contribution >= 4 is 43.5 Å². The summed E-state index contributed by atoms with van der Waals surface area (Å²) in [5, 5.41) is 10.6. The maximum Gasteiger partial charge on any atom is 0.416 e. The van der Waals surface area contributed by atoms with Gasteiger partial charge >= 0.3 is 12.1 Å². The van der Waals surface area contributed by atoms with Gasteiger partial charge in [-0.3, -0.25) is 4.79 Å². The summed E-state index contributed by atoms with van der Waals surface area (Å²) in [6, 6.07) is 13.8. The van der Waals surface area contributed by atoms with Gasteiger partial charge in [0.15, 0.2) is 0 Å². The first-order valence-electron chi connectivity index (χ1n) is 12.6. The van der Waals surface area contributed by atoms with Crippen LogP contribution in [-0.2, 0) is 11.0 Å². The van der Waals surface area contributed by atoms with Gasteiger partial charge in [-0.1, -0.05) is 18.2 Å². The summed E-state index contributed by atoms with van der Waals surface area (Å²) in [7, 11) is 3.95. The smallest absolute Gasteiger partial charge is 0.416 e. The molecule has 2 heterocycles. The van der Waals surface area contributed by atoms with Crippen molar-refractivity contribution in [1.29, 1.82) is 0 Å². The molecule has 1 fully saturated rings. The Hall–Kier alpha value is -3.85. The molecule has 0 radical (unpaired) electrons. The number of piperazine rings is 1. The number of rotatable bonds is 5. The molecule has 2 aliphatic heterocycles. The zero-order valence-electron chi connectivity index (χ0n) is 21.5. The van der Waals surface area contributed by atoms with E-state index in [0.29, 0.717) is 43.4 Å². The number of hydrogen-bond acceptors (Lipinski definition) is 6. The lowest BCUT2D eigenvalue weighted by molar-refractivity contribution is -0.138. The molecule has 2 atom stereocenters. The number of para-hydroxylation sites is 1. The number of carbonyl (C=O) groups is 1. The number of carboxylic acid groups (broad SMARTS) is 1. The number of methoxy groups -OCH3 is 1. The largest absolute Gasteiger partial charge is 0.495 e. The first-order chi connectivity index (χ1) is 19.1. The van der Waals surface area contributed by atoms with Crippen molar-refractivity contribution in [3.05, 3.63) is 77.6 Å². The highest BCUT2D eigenvalue weighted by Crippen LogP contribution is 2.45. The second-order valence-electron chi connectivity index (χ2n) is 9.52. The summed E-state index contributed by atoms with van der Waals surface area (Å²) in [4.78, 5) is 22.6. The van der Waals surface area contributed by atoms with Gasteiger partial charge in [-0.15, -0.1) is 9.24 Å². The van der Waals surface area contributed by atoms with Crippen LogP contribution >= 0.6 is 9.24 Å². The fraction of sp³-hybridized carbons (Fsp3) is 0.286. The van der Waals surface area contributed by atoms with Gasteiger partial charge < -0.3 is 24.5 Å².